The van der Waals surface area contributed by atoms with Crippen LogP contribution in [0.3, 0.4) is 0 Å². The van der Waals surface area contributed by atoms with E-state index in [0.29, 0.717) is 15.5 Å². The van der Waals surface area contributed by atoms with Crippen LogP contribution in [0.4, 0.5) is 0 Å². The molecular weight excluding hydrogens is 458 g/mol. The molecule has 0 aliphatic carbocycles. The third-order valence-corrected chi connectivity index (χ3v) is 8.40. The molecular formula is C22H17N7O2S2. The molecule has 0 unspecified atom stereocenters. The lowest BCUT2D eigenvalue weighted by Crippen LogP contribution is -1.91. The Bertz CT molecular complexity index is 1770. The number of nitrogens with zero attached hydrogens (tertiary/aromatic N) is 5. The minimum atomic E-state index is -3.25. The van der Waals surface area contributed by atoms with Crippen molar-refractivity contribution in [2.24, 2.45) is 7.05 Å². The minimum Gasteiger partial charge on any atom is -0.338 e. The number of rotatable bonds is 4. The maximum atomic E-state index is 11.9. The summed E-state index contributed by atoms with van der Waals surface area (Å²) in [6.07, 6.45) is 8.45. The van der Waals surface area contributed by atoms with Gasteiger partial charge in [-0.2, -0.15) is 10.2 Å². The lowest BCUT2D eigenvalue weighted by atomic mass is 10.1. The van der Waals surface area contributed by atoms with E-state index in [1.54, 1.807) is 29.3 Å². The van der Waals surface area contributed by atoms with Crippen LogP contribution in [0.5, 0.6) is 0 Å². The summed E-state index contributed by atoms with van der Waals surface area (Å²) in [5, 5.41) is 13.5. The van der Waals surface area contributed by atoms with Gasteiger partial charge in [-0.1, -0.05) is 0 Å². The van der Waals surface area contributed by atoms with Gasteiger partial charge in [0, 0.05) is 64.2 Å². The zero-order valence-corrected chi connectivity index (χ0v) is 19.2. The SMILES string of the molecule is Cn1cc(-c2cnc3n[nH]c(-c4cc5c(-c6ccc(S(C)(=O)=O)s6)ccnc5[nH]4)c3c2)cn1. The van der Waals surface area contributed by atoms with Gasteiger partial charge in [0.25, 0.3) is 0 Å². The molecule has 0 radical (unpaired) electrons. The van der Waals surface area contributed by atoms with Crippen molar-refractivity contribution in [3.8, 4) is 33.0 Å². The topological polar surface area (TPSA) is 122 Å². The van der Waals surface area contributed by atoms with Gasteiger partial charge in [-0.3, -0.25) is 9.78 Å². The summed E-state index contributed by atoms with van der Waals surface area (Å²) in [5.41, 5.74) is 5.77. The van der Waals surface area contributed by atoms with Crippen molar-refractivity contribution in [3.05, 3.63) is 55.1 Å². The predicted octanol–water partition coefficient (Wildman–Crippen LogP) is 4.03. The van der Waals surface area contributed by atoms with E-state index in [1.165, 1.54) is 17.6 Å². The highest BCUT2D eigenvalue weighted by atomic mass is 32.2. The summed E-state index contributed by atoms with van der Waals surface area (Å²) in [7, 11) is -1.38. The number of aromatic amines is 2. The average Bonchev–Trinajstić information content (AvgIpc) is 3.56. The number of H-pyrrole nitrogens is 2. The van der Waals surface area contributed by atoms with Crippen molar-refractivity contribution in [2.75, 3.05) is 6.26 Å². The summed E-state index contributed by atoms with van der Waals surface area (Å²) < 4.78 is 25.9. The van der Waals surface area contributed by atoms with Gasteiger partial charge in [0.2, 0.25) is 0 Å². The smallest absolute Gasteiger partial charge is 0.184 e. The Kier molecular flexibility index (Phi) is 4.26. The fourth-order valence-electron chi connectivity index (χ4n) is 3.87. The van der Waals surface area contributed by atoms with Crippen LogP contribution in [-0.4, -0.2) is 49.6 Å². The Morgan fingerprint density at radius 1 is 1.03 bits per heavy atom. The van der Waals surface area contributed by atoms with E-state index in [2.05, 4.69) is 30.2 Å². The molecule has 6 heterocycles. The van der Waals surface area contributed by atoms with E-state index in [9.17, 15) is 8.42 Å². The first kappa shape index (κ1) is 19.8. The van der Waals surface area contributed by atoms with Gasteiger partial charge in [-0.15, -0.1) is 11.3 Å². The first-order valence-corrected chi connectivity index (χ1v) is 12.7. The zero-order valence-electron chi connectivity index (χ0n) is 17.6. The number of pyridine rings is 2. The molecule has 6 rings (SSSR count). The summed E-state index contributed by atoms with van der Waals surface area (Å²) in [5.74, 6) is 0. The van der Waals surface area contributed by atoms with Crippen molar-refractivity contribution in [1.82, 2.24) is 34.9 Å². The largest absolute Gasteiger partial charge is 0.338 e. The highest BCUT2D eigenvalue weighted by Gasteiger charge is 2.17. The standard InChI is InChI=1S/C22H17N7O2S2/c1-29-11-13(10-25-29)12-7-16-20(27-28-22(16)24-9-12)17-8-15-14(5-6-23-21(15)26-17)18-3-4-19(32-18)33(2,30)31/h3-11H,1-2H3,(H,23,26)(H,24,27,28). The molecule has 0 atom stereocenters. The number of nitrogens with one attached hydrogen (secondary N) is 2. The molecule has 0 spiro atoms. The summed E-state index contributed by atoms with van der Waals surface area (Å²) in [6.45, 7) is 0. The van der Waals surface area contributed by atoms with Gasteiger partial charge in [0.05, 0.1) is 17.6 Å². The molecule has 0 saturated carbocycles. The Morgan fingerprint density at radius 3 is 2.67 bits per heavy atom. The molecule has 0 saturated heterocycles. The number of sulfone groups is 1. The van der Waals surface area contributed by atoms with Crippen LogP contribution in [0.25, 0.3) is 55.0 Å². The highest BCUT2D eigenvalue weighted by molar-refractivity contribution is 7.92. The molecule has 11 heteroatoms. The van der Waals surface area contributed by atoms with E-state index >= 15 is 0 Å². The molecule has 2 N–H and O–H groups in total. The lowest BCUT2D eigenvalue weighted by Gasteiger charge is -1.99. The highest BCUT2D eigenvalue weighted by Crippen LogP contribution is 2.37. The third kappa shape index (κ3) is 3.33. The van der Waals surface area contributed by atoms with Gasteiger partial charge >= 0.3 is 0 Å². The van der Waals surface area contributed by atoms with Crippen LogP contribution < -0.4 is 0 Å². The molecule has 6 aromatic heterocycles. The molecule has 9 nitrogen and oxygen atoms in total. The third-order valence-electron chi connectivity index (χ3n) is 5.46. The molecule has 6 aromatic rings. The Balaban J connectivity index is 1.49. The monoisotopic (exact) mass is 475 g/mol. The van der Waals surface area contributed by atoms with Crippen LogP contribution >= 0.6 is 11.3 Å². The second-order valence-electron chi connectivity index (χ2n) is 7.79. The molecule has 33 heavy (non-hydrogen) atoms. The van der Waals surface area contributed by atoms with Crippen LogP contribution in [0.2, 0.25) is 0 Å². The summed E-state index contributed by atoms with van der Waals surface area (Å²) >= 11 is 1.25. The molecule has 0 amide bonds. The van der Waals surface area contributed by atoms with Crippen LogP contribution in [0.15, 0.2) is 59.3 Å². The molecule has 0 aromatic carbocycles. The van der Waals surface area contributed by atoms with E-state index in [4.69, 9.17) is 0 Å². The van der Waals surface area contributed by atoms with Gasteiger partial charge in [0.15, 0.2) is 15.5 Å². The normalized spacial score (nSPS) is 12.2. The van der Waals surface area contributed by atoms with Crippen LogP contribution in [0.1, 0.15) is 0 Å². The fraction of sp³-hybridized carbons (Fsp3) is 0.0909. The molecule has 164 valence electrons. The number of hydrogen-bond acceptors (Lipinski definition) is 7. The van der Waals surface area contributed by atoms with Gasteiger partial charge in [0.1, 0.15) is 9.86 Å². The quantitative estimate of drug-likeness (QED) is 0.397. The maximum absolute atomic E-state index is 11.9. The Labute approximate surface area is 192 Å². The van der Waals surface area contributed by atoms with E-state index < -0.39 is 9.84 Å². The van der Waals surface area contributed by atoms with Crippen molar-refractivity contribution >= 4 is 43.2 Å². The van der Waals surface area contributed by atoms with E-state index in [0.717, 1.165) is 43.7 Å². The fourth-order valence-corrected chi connectivity index (χ4v) is 5.84. The number of aromatic nitrogens is 7. The van der Waals surface area contributed by atoms with Gasteiger partial charge in [-0.05, 0) is 30.3 Å². The minimum absolute atomic E-state index is 0.340. The number of aryl methyl sites for hydroxylation is 1. The van der Waals surface area contributed by atoms with Crippen molar-refractivity contribution in [3.63, 3.8) is 0 Å². The molecule has 0 aliphatic rings. The Hall–Kier alpha value is -3.83. The van der Waals surface area contributed by atoms with Crippen LogP contribution in [-0.2, 0) is 16.9 Å². The first-order valence-electron chi connectivity index (χ1n) is 9.98. The summed E-state index contributed by atoms with van der Waals surface area (Å²) in [6, 6.07) is 9.41. The second kappa shape index (κ2) is 7.09. The number of fused-ring (bicyclic) bond motifs is 2. The maximum Gasteiger partial charge on any atom is 0.184 e. The molecule has 0 fully saturated rings. The van der Waals surface area contributed by atoms with E-state index in [-0.39, 0.29) is 0 Å². The van der Waals surface area contributed by atoms with Crippen molar-refractivity contribution in [1.29, 1.82) is 0 Å². The van der Waals surface area contributed by atoms with Crippen molar-refractivity contribution in [2.45, 2.75) is 4.21 Å². The van der Waals surface area contributed by atoms with Crippen molar-refractivity contribution < 1.29 is 8.42 Å². The molecule has 0 aliphatic heterocycles. The Morgan fingerprint density at radius 2 is 1.91 bits per heavy atom. The van der Waals surface area contributed by atoms with E-state index in [1.807, 2.05) is 37.5 Å². The first-order chi connectivity index (χ1) is 15.9. The van der Waals surface area contributed by atoms with Gasteiger partial charge < -0.3 is 4.98 Å². The lowest BCUT2D eigenvalue weighted by molar-refractivity contribution is 0.604. The average molecular weight is 476 g/mol. The zero-order chi connectivity index (χ0) is 22.7. The number of thiophene rings is 1. The molecule has 0 bridgehead atoms. The van der Waals surface area contributed by atoms with Gasteiger partial charge in [-0.25, -0.2) is 18.4 Å². The predicted molar refractivity (Wildman–Crippen MR) is 128 cm³/mol. The van der Waals surface area contributed by atoms with Crippen LogP contribution in [0, 0.1) is 0 Å². The second-order valence-corrected chi connectivity index (χ2v) is 11.1. The summed E-state index contributed by atoms with van der Waals surface area (Å²) in [4.78, 5) is 13.2. The number of hydrogen-bond donors (Lipinski definition) is 2.